The highest BCUT2D eigenvalue weighted by Gasteiger charge is 2.14. The normalized spacial score (nSPS) is 9.84. The summed E-state index contributed by atoms with van der Waals surface area (Å²) in [7, 11) is -8.13. The molecule has 6 nitrogen and oxygen atoms in total. The van der Waals surface area contributed by atoms with Crippen LogP contribution in [0.15, 0.2) is 40.1 Å². The summed E-state index contributed by atoms with van der Waals surface area (Å²) < 4.78 is 60.9. The fraction of sp³-hybridized carbons (Fsp3) is 0.391. The maximum absolute atomic E-state index is 10.9. The van der Waals surface area contributed by atoms with E-state index in [9.17, 15) is 16.8 Å². The Kier molecular flexibility index (Phi) is 16.8. The standard InChI is InChI=1S/C9H12O3S.C8H10O3S.2C2H6.C2H2/c1-6-4-8(3)9(5-7(6)2)13(10,11)12;1-6-3-4-7(2)8(5-6)12(9,10)11;3*1-2/h4-5H,1-3H3,(H,10,11,12);3-5H,1-2H3,(H,9,10,11);2*1-2H3;1-2H. The first-order valence-corrected chi connectivity index (χ1v) is 12.5. The molecule has 0 fully saturated rings. The van der Waals surface area contributed by atoms with Crippen LogP contribution in [0.25, 0.3) is 0 Å². The molecule has 0 heterocycles. The van der Waals surface area contributed by atoms with Gasteiger partial charge < -0.3 is 0 Å². The molecule has 0 aliphatic carbocycles. The third-order valence-electron chi connectivity index (χ3n) is 3.69. The van der Waals surface area contributed by atoms with Crippen molar-refractivity contribution in [3.8, 4) is 12.8 Å². The fourth-order valence-corrected chi connectivity index (χ4v) is 3.80. The lowest BCUT2D eigenvalue weighted by atomic mass is 10.1. The molecular weight excluding hydrogens is 436 g/mol. The molecule has 0 unspecified atom stereocenters. The van der Waals surface area contributed by atoms with Gasteiger partial charge in [0.25, 0.3) is 20.2 Å². The molecule has 176 valence electrons. The van der Waals surface area contributed by atoms with Gasteiger partial charge in [-0.1, -0.05) is 45.9 Å². The van der Waals surface area contributed by atoms with Crippen molar-refractivity contribution in [1.29, 1.82) is 0 Å². The molecular formula is C23H36O6S2. The van der Waals surface area contributed by atoms with Gasteiger partial charge in [0, 0.05) is 0 Å². The van der Waals surface area contributed by atoms with Gasteiger partial charge in [0.1, 0.15) is 0 Å². The minimum Gasteiger partial charge on any atom is -0.282 e. The van der Waals surface area contributed by atoms with Gasteiger partial charge in [0.05, 0.1) is 9.79 Å². The predicted octanol–water partition coefficient (Wildman–Crippen LogP) is 5.71. The Morgan fingerprint density at radius 2 is 0.935 bits per heavy atom. The van der Waals surface area contributed by atoms with Crippen LogP contribution in [0.5, 0.6) is 0 Å². The van der Waals surface area contributed by atoms with Crippen LogP contribution in [0.1, 0.15) is 55.5 Å². The number of hydrogen-bond acceptors (Lipinski definition) is 4. The quantitative estimate of drug-likeness (QED) is 0.428. The topological polar surface area (TPSA) is 109 Å². The third-order valence-corrected chi connectivity index (χ3v) is 5.68. The minimum atomic E-state index is -4.07. The molecule has 0 radical (unpaired) electrons. The van der Waals surface area contributed by atoms with E-state index < -0.39 is 20.2 Å². The Labute approximate surface area is 189 Å². The SMILES string of the molecule is C#C.CC.CC.Cc1cc(C)c(S(=O)(=O)O)cc1C.Cc1ccc(C)c(S(=O)(=O)O)c1. The summed E-state index contributed by atoms with van der Waals surface area (Å²) in [6.45, 7) is 16.8. The van der Waals surface area contributed by atoms with Crippen LogP contribution in [0.4, 0.5) is 0 Å². The first kappa shape index (κ1) is 33.5. The number of terminal acetylenes is 1. The van der Waals surface area contributed by atoms with Gasteiger partial charge in [0.2, 0.25) is 0 Å². The average molecular weight is 473 g/mol. The average Bonchev–Trinajstić information content (AvgIpc) is 2.70. The molecule has 31 heavy (non-hydrogen) atoms. The fourth-order valence-electron chi connectivity index (χ4n) is 2.20. The maximum Gasteiger partial charge on any atom is 0.294 e. The lowest BCUT2D eigenvalue weighted by Gasteiger charge is -2.06. The van der Waals surface area contributed by atoms with Gasteiger partial charge in [0.15, 0.2) is 0 Å². The van der Waals surface area contributed by atoms with E-state index in [1.165, 1.54) is 12.1 Å². The zero-order valence-electron chi connectivity index (χ0n) is 19.9. The van der Waals surface area contributed by atoms with E-state index in [4.69, 9.17) is 9.11 Å². The summed E-state index contributed by atoms with van der Waals surface area (Å²) in [6.07, 6.45) is 8.00. The van der Waals surface area contributed by atoms with Gasteiger partial charge in [-0.3, -0.25) is 9.11 Å². The van der Waals surface area contributed by atoms with E-state index >= 15 is 0 Å². The highest BCUT2D eigenvalue weighted by Crippen LogP contribution is 2.19. The summed E-state index contributed by atoms with van der Waals surface area (Å²) in [4.78, 5) is -0.0156. The summed E-state index contributed by atoms with van der Waals surface area (Å²) in [5, 5.41) is 0. The van der Waals surface area contributed by atoms with Crippen molar-refractivity contribution < 1.29 is 25.9 Å². The summed E-state index contributed by atoms with van der Waals surface area (Å²) in [5.74, 6) is 0. The number of hydrogen-bond donors (Lipinski definition) is 2. The maximum atomic E-state index is 10.9. The van der Waals surface area contributed by atoms with Gasteiger partial charge in [-0.2, -0.15) is 16.8 Å². The van der Waals surface area contributed by atoms with Crippen molar-refractivity contribution in [2.24, 2.45) is 0 Å². The molecule has 2 rings (SSSR count). The van der Waals surface area contributed by atoms with Crippen molar-refractivity contribution in [2.75, 3.05) is 0 Å². The molecule has 0 aliphatic rings. The molecule has 2 aromatic carbocycles. The second-order valence-corrected chi connectivity index (χ2v) is 8.70. The molecule has 2 aromatic rings. The molecule has 0 bridgehead atoms. The van der Waals surface area contributed by atoms with Crippen LogP contribution in [0, 0.1) is 47.5 Å². The molecule has 0 spiro atoms. The molecule has 8 heteroatoms. The van der Waals surface area contributed by atoms with Gasteiger partial charge in [-0.25, -0.2) is 0 Å². The van der Waals surface area contributed by atoms with Crippen molar-refractivity contribution in [3.05, 3.63) is 58.1 Å². The van der Waals surface area contributed by atoms with Crippen molar-refractivity contribution in [3.63, 3.8) is 0 Å². The zero-order chi connectivity index (χ0) is 25.6. The Bertz CT molecular complexity index is 1040. The van der Waals surface area contributed by atoms with Crippen LogP contribution in [0.3, 0.4) is 0 Å². The van der Waals surface area contributed by atoms with Gasteiger partial charge >= 0.3 is 0 Å². The number of rotatable bonds is 2. The number of benzene rings is 2. The predicted molar refractivity (Wildman–Crippen MR) is 129 cm³/mol. The first-order valence-electron chi connectivity index (χ1n) is 9.67. The highest BCUT2D eigenvalue weighted by atomic mass is 32.2. The first-order chi connectivity index (χ1) is 14.2. The lowest BCUT2D eigenvalue weighted by molar-refractivity contribution is 0.480. The lowest BCUT2D eigenvalue weighted by Crippen LogP contribution is -2.02. The molecule has 2 N–H and O–H groups in total. The second kappa shape index (κ2) is 15.6. The van der Waals surface area contributed by atoms with E-state index in [-0.39, 0.29) is 9.79 Å². The highest BCUT2D eigenvalue weighted by molar-refractivity contribution is 7.86. The van der Waals surface area contributed by atoms with E-state index in [1.54, 1.807) is 39.0 Å². The molecule has 0 saturated heterocycles. The molecule has 0 saturated carbocycles. The zero-order valence-corrected chi connectivity index (χ0v) is 21.5. The Hall–Kier alpha value is -2.18. The van der Waals surface area contributed by atoms with E-state index in [2.05, 4.69) is 12.8 Å². The molecule has 0 amide bonds. The Morgan fingerprint density at radius 3 is 1.29 bits per heavy atom. The van der Waals surface area contributed by atoms with Crippen molar-refractivity contribution >= 4 is 20.2 Å². The van der Waals surface area contributed by atoms with E-state index in [0.717, 1.165) is 16.7 Å². The molecule has 0 aromatic heterocycles. The van der Waals surface area contributed by atoms with Crippen LogP contribution in [0.2, 0.25) is 0 Å². The van der Waals surface area contributed by atoms with Gasteiger partial charge in [-0.05, 0) is 74.6 Å². The largest absolute Gasteiger partial charge is 0.294 e. The Morgan fingerprint density at radius 1 is 0.581 bits per heavy atom. The van der Waals surface area contributed by atoms with E-state index in [0.29, 0.717) is 11.1 Å². The van der Waals surface area contributed by atoms with Crippen molar-refractivity contribution in [2.45, 2.75) is 72.1 Å². The summed E-state index contributed by atoms with van der Waals surface area (Å²) in [5.41, 5.74) is 3.82. The molecule has 0 atom stereocenters. The monoisotopic (exact) mass is 472 g/mol. The van der Waals surface area contributed by atoms with Crippen LogP contribution >= 0.6 is 0 Å². The second-order valence-electron chi connectivity index (χ2n) is 5.92. The Balaban J connectivity index is -0.000000408. The van der Waals surface area contributed by atoms with Crippen LogP contribution in [-0.4, -0.2) is 25.9 Å². The van der Waals surface area contributed by atoms with Crippen LogP contribution < -0.4 is 0 Å². The van der Waals surface area contributed by atoms with Gasteiger partial charge in [-0.15, -0.1) is 12.8 Å². The summed E-state index contributed by atoms with van der Waals surface area (Å²) in [6, 6.07) is 8.14. The smallest absolute Gasteiger partial charge is 0.282 e. The minimum absolute atomic E-state index is 0.00407. The van der Waals surface area contributed by atoms with Crippen molar-refractivity contribution in [1.82, 2.24) is 0 Å². The molecule has 0 aliphatic heterocycles. The number of aryl methyl sites for hydroxylation is 5. The third kappa shape index (κ3) is 12.3. The van der Waals surface area contributed by atoms with Crippen LogP contribution in [-0.2, 0) is 20.2 Å². The van der Waals surface area contributed by atoms with E-state index in [1.807, 2.05) is 41.5 Å². The summed E-state index contributed by atoms with van der Waals surface area (Å²) >= 11 is 0.